The van der Waals surface area contributed by atoms with Crippen LogP contribution in [0.15, 0.2) is 28.8 Å². The fraction of sp³-hybridized carbons (Fsp3) is 0.182. The minimum atomic E-state index is 0.650. The van der Waals surface area contributed by atoms with Crippen molar-refractivity contribution < 1.29 is 0 Å². The Labute approximate surface area is 90.1 Å². The van der Waals surface area contributed by atoms with Crippen LogP contribution in [0, 0.1) is 0 Å². The molecule has 0 spiro atoms. The Morgan fingerprint density at radius 3 is 2.93 bits per heavy atom. The number of fused-ring (bicyclic) bond motifs is 1. The second-order valence-electron chi connectivity index (χ2n) is 3.76. The first kappa shape index (κ1) is 9.99. The van der Waals surface area contributed by atoms with Crippen molar-refractivity contribution in [1.82, 2.24) is 0 Å². The van der Waals surface area contributed by atoms with Crippen molar-refractivity contribution in [3.63, 3.8) is 0 Å². The zero-order chi connectivity index (χ0) is 10.8. The van der Waals surface area contributed by atoms with Gasteiger partial charge >= 0.3 is 0 Å². The van der Waals surface area contributed by atoms with Crippen molar-refractivity contribution in [1.29, 1.82) is 0 Å². The van der Waals surface area contributed by atoms with Crippen LogP contribution in [0.5, 0.6) is 0 Å². The van der Waals surface area contributed by atoms with Crippen molar-refractivity contribution in [3.05, 3.63) is 29.3 Å². The van der Waals surface area contributed by atoms with E-state index in [9.17, 15) is 0 Å². The van der Waals surface area contributed by atoms with Crippen LogP contribution in [0.4, 0.5) is 5.69 Å². The van der Waals surface area contributed by atoms with Crippen LogP contribution in [-0.4, -0.2) is 13.3 Å². The fourth-order valence-electron chi connectivity index (χ4n) is 1.68. The highest BCUT2D eigenvalue weighted by atomic mass is 14.9. The normalized spacial score (nSPS) is 14.8. The number of hydrogen-bond donors (Lipinski definition) is 2. The van der Waals surface area contributed by atoms with E-state index in [1.807, 2.05) is 18.2 Å². The van der Waals surface area contributed by atoms with Crippen molar-refractivity contribution >= 4 is 30.5 Å². The Morgan fingerprint density at radius 2 is 2.20 bits per heavy atom. The molecule has 1 aliphatic heterocycles. The topological polar surface area (TPSA) is 64.4 Å². The molecule has 1 aromatic carbocycles. The predicted octanol–water partition coefficient (Wildman–Crippen LogP) is 0.686. The molecule has 1 radical (unpaired) electrons. The van der Waals surface area contributed by atoms with Gasteiger partial charge < -0.3 is 11.4 Å². The van der Waals surface area contributed by atoms with Crippen LogP contribution in [0.2, 0.25) is 0 Å². The molecule has 4 heteroatoms. The maximum Gasteiger partial charge on any atom is 0.241 e. The van der Waals surface area contributed by atoms with Crippen molar-refractivity contribution in [2.45, 2.75) is 13.3 Å². The molecule has 15 heavy (non-hydrogen) atoms. The van der Waals surface area contributed by atoms with Gasteiger partial charge in [-0.15, -0.1) is 0 Å². The maximum atomic E-state index is 5.80. The SMILES string of the molecule is CC1=Cc2ccc([B]N)cc2N=C(N)C1. The van der Waals surface area contributed by atoms with Gasteiger partial charge in [-0.1, -0.05) is 29.2 Å². The van der Waals surface area contributed by atoms with E-state index in [0.717, 1.165) is 23.1 Å². The minimum absolute atomic E-state index is 0.650. The lowest BCUT2D eigenvalue weighted by atomic mass is 9.84. The van der Waals surface area contributed by atoms with Crippen molar-refractivity contribution in [2.75, 3.05) is 0 Å². The summed E-state index contributed by atoms with van der Waals surface area (Å²) in [6.45, 7) is 2.06. The third kappa shape index (κ3) is 2.10. The molecule has 0 saturated carbocycles. The van der Waals surface area contributed by atoms with E-state index in [1.54, 1.807) is 7.41 Å². The number of benzene rings is 1. The number of hydrogen-bond acceptors (Lipinski definition) is 3. The smallest absolute Gasteiger partial charge is 0.241 e. The Bertz CT molecular complexity index is 449. The molecule has 2 rings (SSSR count). The lowest BCUT2D eigenvalue weighted by Crippen LogP contribution is -2.22. The standard InChI is InChI=1S/C11H13BN3/c1-7-4-8-2-3-9(12-14)6-10(8)15-11(13)5-7/h2-4,6H,5,14H2,1H3,(H2,13,15). The Hall–Kier alpha value is -1.55. The number of nitrogens with zero attached hydrogens (tertiary/aromatic N) is 1. The Kier molecular flexibility index (Phi) is 2.60. The van der Waals surface area contributed by atoms with Gasteiger partial charge in [0.25, 0.3) is 0 Å². The van der Waals surface area contributed by atoms with Gasteiger partial charge in [-0.3, -0.25) is 0 Å². The first-order valence-electron chi connectivity index (χ1n) is 4.88. The summed E-state index contributed by atoms with van der Waals surface area (Å²) in [5.41, 5.74) is 15.4. The zero-order valence-electron chi connectivity index (χ0n) is 8.70. The highest BCUT2D eigenvalue weighted by Crippen LogP contribution is 2.24. The highest BCUT2D eigenvalue weighted by Gasteiger charge is 2.07. The number of amidine groups is 1. The molecule has 0 saturated heterocycles. The molecule has 4 N–H and O–H groups in total. The van der Waals surface area contributed by atoms with Crippen molar-refractivity contribution in [3.8, 4) is 0 Å². The molecule has 0 aliphatic carbocycles. The van der Waals surface area contributed by atoms with E-state index < -0.39 is 0 Å². The Morgan fingerprint density at radius 1 is 1.40 bits per heavy atom. The summed E-state index contributed by atoms with van der Waals surface area (Å²) in [6.07, 6.45) is 2.84. The summed E-state index contributed by atoms with van der Waals surface area (Å²) in [5, 5.41) is 0. The van der Waals surface area contributed by atoms with Crippen LogP contribution in [0.25, 0.3) is 6.08 Å². The van der Waals surface area contributed by atoms with Gasteiger partial charge in [0.15, 0.2) is 0 Å². The molecule has 1 aliphatic rings. The van der Waals surface area contributed by atoms with Crippen LogP contribution in [0.1, 0.15) is 18.9 Å². The quantitative estimate of drug-likeness (QED) is 0.652. The van der Waals surface area contributed by atoms with Gasteiger partial charge in [-0.2, -0.15) is 0 Å². The van der Waals surface area contributed by atoms with Crippen molar-refractivity contribution in [2.24, 2.45) is 16.4 Å². The molecule has 0 bridgehead atoms. The van der Waals surface area contributed by atoms with E-state index >= 15 is 0 Å². The minimum Gasteiger partial charge on any atom is -0.387 e. The molecule has 0 aromatic heterocycles. The Balaban J connectivity index is 2.55. The summed E-state index contributed by atoms with van der Waals surface area (Å²) >= 11 is 0. The summed E-state index contributed by atoms with van der Waals surface area (Å²) in [5.74, 6) is 0.650. The van der Waals surface area contributed by atoms with E-state index in [1.165, 1.54) is 5.57 Å². The molecule has 0 atom stereocenters. The average Bonchev–Trinajstić information content (AvgIpc) is 2.33. The van der Waals surface area contributed by atoms with Crippen LogP contribution < -0.4 is 16.8 Å². The zero-order valence-corrected chi connectivity index (χ0v) is 8.70. The summed E-state index contributed by atoms with van der Waals surface area (Å²) in [6, 6.07) is 5.93. The fourth-order valence-corrected chi connectivity index (χ4v) is 1.68. The number of nitrogens with two attached hydrogens (primary N) is 2. The molecule has 1 aromatic rings. The van der Waals surface area contributed by atoms with Gasteiger partial charge in [0.05, 0.1) is 5.69 Å². The molecule has 0 unspecified atom stereocenters. The lowest BCUT2D eigenvalue weighted by Gasteiger charge is -2.02. The molecule has 75 valence electrons. The van der Waals surface area contributed by atoms with E-state index in [-0.39, 0.29) is 0 Å². The monoisotopic (exact) mass is 198 g/mol. The van der Waals surface area contributed by atoms with Crippen LogP contribution >= 0.6 is 0 Å². The summed E-state index contributed by atoms with van der Waals surface area (Å²) < 4.78 is 0. The highest BCUT2D eigenvalue weighted by molar-refractivity contribution is 6.50. The van der Waals surface area contributed by atoms with Gasteiger partial charge in [0, 0.05) is 12.0 Å². The van der Waals surface area contributed by atoms with Crippen LogP contribution in [0.3, 0.4) is 0 Å². The average molecular weight is 198 g/mol. The van der Waals surface area contributed by atoms with Gasteiger partial charge in [0.2, 0.25) is 7.41 Å². The third-order valence-electron chi connectivity index (χ3n) is 2.37. The summed E-state index contributed by atoms with van der Waals surface area (Å²) in [4.78, 5) is 4.37. The lowest BCUT2D eigenvalue weighted by molar-refractivity contribution is 1.26. The van der Waals surface area contributed by atoms with Gasteiger partial charge in [-0.25, -0.2) is 4.99 Å². The van der Waals surface area contributed by atoms with E-state index in [2.05, 4.69) is 18.0 Å². The maximum absolute atomic E-state index is 5.80. The third-order valence-corrected chi connectivity index (χ3v) is 2.37. The number of aliphatic imine (C=N–C) groups is 1. The number of rotatable bonds is 1. The molecular weight excluding hydrogens is 185 g/mol. The van der Waals surface area contributed by atoms with Gasteiger partial charge in [-0.05, 0) is 13.0 Å². The molecule has 0 fully saturated rings. The van der Waals surface area contributed by atoms with Gasteiger partial charge in [0.1, 0.15) is 5.84 Å². The van der Waals surface area contributed by atoms with E-state index in [0.29, 0.717) is 5.84 Å². The first-order valence-corrected chi connectivity index (χ1v) is 4.88. The summed E-state index contributed by atoms with van der Waals surface area (Å²) in [7, 11) is 1.56. The van der Waals surface area contributed by atoms with E-state index in [4.69, 9.17) is 11.4 Å². The molecule has 3 nitrogen and oxygen atoms in total. The molecule has 1 heterocycles. The first-order chi connectivity index (χ1) is 7.19. The molecule has 0 amide bonds. The second-order valence-corrected chi connectivity index (χ2v) is 3.76. The second kappa shape index (κ2) is 3.91. The van der Waals surface area contributed by atoms with Crippen LogP contribution in [-0.2, 0) is 0 Å². The predicted molar refractivity (Wildman–Crippen MR) is 65.6 cm³/mol. The molecular formula is C11H13BN3. The largest absolute Gasteiger partial charge is 0.387 e.